The van der Waals surface area contributed by atoms with Crippen LogP contribution in [0, 0.1) is 32.1 Å². The molecule has 0 fully saturated rings. The Balaban J connectivity index is 2.25. The van der Waals surface area contributed by atoms with Crippen LogP contribution in [0.15, 0.2) is 11.1 Å². The van der Waals surface area contributed by atoms with Gasteiger partial charge < -0.3 is 9.72 Å². The Hall–Kier alpha value is -2.92. The molecule has 0 aliphatic heterocycles. The zero-order valence-corrected chi connectivity index (χ0v) is 17.2. The Kier molecular flexibility index (Phi) is 6.75. The average Bonchev–Trinajstić information content (AvgIpc) is 2.94. The van der Waals surface area contributed by atoms with Gasteiger partial charge in [-0.1, -0.05) is 11.8 Å². The second-order valence-electron chi connectivity index (χ2n) is 6.20. The maximum Gasteiger partial charge on any atom is 0.340 e. The largest absolute Gasteiger partial charge is 0.462 e. The van der Waals surface area contributed by atoms with Gasteiger partial charge in [-0.2, -0.15) is 5.26 Å². The number of esters is 1. The van der Waals surface area contributed by atoms with E-state index in [1.165, 1.54) is 13.0 Å². The second kappa shape index (κ2) is 8.85. The topological polar surface area (TPSA) is 113 Å². The predicted molar refractivity (Wildman–Crippen MR) is 105 cm³/mol. The first-order chi connectivity index (χ1) is 13.2. The molecule has 2 heterocycles. The fraction of sp³-hybridized carbons (Fsp3) is 0.350. The summed E-state index contributed by atoms with van der Waals surface area (Å²) >= 11 is 1.11. The molecular formula is C20H21N3O4S. The lowest BCUT2D eigenvalue weighted by molar-refractivity contribution is 0.0524. The van der Waals surface area contributed by atoms with Crippen LogP contribution in [-0.2, 0) is 4.74 Å². The number of rotatable bonds is 7. The van der Waals surface area contributed by atoms with Gasteiger partial charge >= 0.3 is 5.97 Å². The SMILES string of the molecule is CCOC(=O)c1cc(C#N)c(SCC(=O)c2[nH]c(C)c(C(C)=O)c2C)nc1C. The lowest BCUT2D eigenvalue weighted by Crippen LogP contribution is -2.10. The Morgan fingerprint density at radius 1 is 1.29 bits per heavy atom. The summed E-state index contributed by atoms with van der Waals surface area (Å²) in [6, 6.07) is 3.44. The van der Waals surface area contributed by atoms with Gasteiger partial charge in [0.05, 0.1) is 34.9 Å². The number of thioether (sulfide) groups is 1. The number of ether oxygens (including phenoxy) is 1. The molecule has 0 bridgehead atoms. The van der Waals surface area contributed by atoms with Crippen LogP contribution in [0.5, 0.6) is 0 Å². The number of aromatic amines is 1. The molecule has 0 unspecified atom stereocenters. The number of nitriles is 1. The average molecular weight is 399 g/mol. The highest BCUT2D eigenvalue weighted by atomic mass is 32.2. The van der Waals surface area contributed by atoms with Crippen LogP contribution in [-0.4, -0.2) is 39.9 Å². The van der Waals surface area contributed by atoms with Crippen molar-refractivity contribution in [3.63, 3.8) is 0 Å². The minimum atomic E-state index is -0.536. The molecule has 0 radical (unpaired) electrons. The highest BCUT2D eigenvalue weighted by Gasteiger charge is 2.21. The van der Waals surface area contributed by atoms with Crippen LogP contribution in [0.1, 0.15) is 67.6 Å². The summed E-state index contributed by atoms with van der Waals surface area (Å²) in [4.78, 5) is 43.6. The van der Waals surface area contributed by atoms with Crippen molar-refractivity contribution >= 4 is 29.3 Å². The third kappa shape index (κ3) is 4.31. The number of nitrogens with zero attached hydrogens (tertiary/aromatic N) is 2. The first-order valence-electron chi connectivity index (χ1n) is 8.66. The van der Waals surface area contributed by atoms with Crippen LogP contribution >= 0.6 is 11.8 Å². The van der Waals surface area contributed by atoms with Gasteiger partial charge in [0.15, 0.2) is 11.6 Å². The van der Waals surface area contributed by atoms with Gasteiger partial charge in [-0.15, -0.1) is 0 Å². The highest BCUT2D eigenvalue weighted by molar-refractivity contribution is 8.00. The fourth-order valence-corrected chi connectivity index (χ4v) is 3.83. The van der Waals surface area contributed by atoms with Gasteiger partial charge in [-0.05, 0) is 46.2 Å². The van der Waals surface area contributed by atoms with Crippen LogP contribution in [0.4, 0.5) is 0 Å². The number of hydrogen-bond donors (Lipinski definition) is 1. The molecule has 0 aliphatic rings. The molecule has 7 nitrogen and oxygen atoms in total. The molecule has 0 atom stereocenters. The van der Waals surface area contributed by atoms with Gasteiger partial charge in [0.25, 0.3) is 0 Å². The maximum absolute atomic E-state index is 12.6. The minimum Gasteiger partial charge on any atom is -0.462 e. The number of carbonyl (C=O) groups is 3. The number of pyridine rings is 1. The van der Waals surface area contributed by atoms with E-state index >= 15 is 0 Å². The molecule has 8 heteroatoms. The van der Waals surface area contributed by atoms with Gasteiger partial charge in [0.2, 0.25) is 0 Å². The molecule has 2 aromatic rings. The van der Waals surface area contributed by atoms with Gasteiger partial charge in [-0.25, -0.2) is 9.78 Å². The zero-order valence-electron chi connectivity index (χ0n) is 16.4. The lowest BCUT2D eigenvalue weighted by Gasteiger charge is -2.09. The van der Waals surface area contributed by atoms with Crippen LogP contribution < -0.4 is 0 Å². The van der Waals surface area contributed by atoms with Crippen molar-refractivity contribution in [1.29, 1.82) is 5.26 Å². The Labute approximate surface area is 167 Å². The van der Waals surface area contributed by atoms with Crippen LogP contribution in [0.25, 0.3) is 0 Å². The number of Topliss-reactive ketones (excluding diaryl/α,β-unsaturated/α-hetero) is 2. The molecule has 0 amide bonds. The quantitative estimate of drug-likeness (QED) is 0.430. The summed E-state index contributed by atoms with van der Waals surface area (Å²) < 4.78 is 4.97. The molecule has 1 N–H and O–H groups in total. The van der Waals surface area contributed by atoms with E-state index < -0.39 is 5.97 Å². The molecule has 0 spiro atoms. The van der Waals surface area contributed by atoms with E-state index in [-0.39, 0.29) is 35.1 Å². The van der Waals surface area contributed by atoms with Gasteiger partial charge in [-0.3, -0.25) is 9.59 Å². The Bertz CT molecular complexity index is 1000. The van der Waals surface area contributed by atoms with Crippen LogP contribution in [0.2, 0.25) is 0 Å². The number of hydrogen-bond acceptors (Lipinski definition) is 7. The second-order valence-corrected chi connectivity index (χ2v) is 7.16. The molecule has 2 rings (SSSR count). The normalized spacial score (nSPS) is 10.4. The molecule has 0 saturated carbocycles. The van der Waals surface area contributed by atoms with Crippen molar-refractivity contribution < 1.29 is 19.1 Å². The van der Waals surface area contributed by atoms with Crippen molar-refractivity contribution in [2.75, 3.05) is 12.4 Å². The Morgan fingerprint density at radius 3 is 2.50 bits per heavy atom. The van der Waals surface area contributed by atoms with Crippen molar-refractivity contribution in [3.8, 4) is 6.07 Å². The van der Waals surface area contributed by atoms with Gasteiger partial charge in [0.1, 0.15) is 11.1 Å². The third-order valence-corrected chi connectivity index (χ3v) is 5.19. The number of H-pyrrole nitrogens is 1. The molecule has 0 aromatic carbocycles. The van der Waals surface area contributed by atoms with E-state index in [1.807, 2.05) is 6.07 Å². The number of aromatic nitrogens is 2. The predicted octanol–water partition coefficient (Wildman–Crippen LogP) is 3.56. The molecule has 28 heavy (non-hydrogen) atoms. The third-order valence-electron chi connectivity index (χ3n) is 4.20. The van der Waals surface area contributed by atoms with E-state index in [9.17, 15) is 19.6 Å². The van der Waals surface area contributed by atoms with E-state index in [0.29, 0.717) is 33.2 Å². The van der Waals surface area contributed by atoms with E-state index in [4.69, 9.17) is 4.74 Å². The smallest absolute Gasteiger partial charge is 0.340 e. The van der Waals surface area contributed by atoms with E-state index in [2.05, 4.69) is 9.97 Å². The lowest BCUT2D eigenvalue weighted by atomic mass is 10.1. The van der Waals surface area contributed by atoms with Gasteiger partial charge in [0, 0.05) is 11.3 Å². The first kappa shape index (κ1) is 21.4. The molecule has 2 aromatic heterocycles. The van der Waals surface area contributed by atoms with Crippen molar-refractivity contribution in [1.82, 2.24) is 9.97 Å². The minimum absolute atomic E-state index is 0.0397. The van der Waals surface area contributed by atoms with Crippen molar-refractivity contribution in [3.05, 3.63) is 45.4 Å². The number of nitrogens with one attached hydrogen (secondary N) is 1. The summed E-state index contributed by atoms with van der Waals surface area (Å²) in [5, 5.41) is 9.76. The molecule has 0 saturated heterocycles. The van der Waals surface area contributed by atoms with Crippen molar-refractivity contribution in [2.24, 2.45) is 0 Å². The van der Waals surface area contributed by atoms with Crippen molar-refractivity contribution in [2.45, 2.75) is 39.6 Å². The van der Waals surface area contributed by atoms with E-state index in [0.717, 1.165) is 11.8 Å². The molecular weight excluding hydrogens is 378 g/mol. The summed E-state index contributed by atoms with van der Waals surface area (Å²) in [5.41, 5.74) is 3.05. The zero-order chi connectivity index (χ0) is 21.0. The highest BCUT2D eigenvalue weighted by Crippen LogP contribution is 2.26. The summed E-state index contributed by atoms with van der Waals surface area (Å²) in [5.74, 6) is -0.795. The Morgan fingerprint density at radius 2 is 1.96 bits per heavy atom. The first-order valence-corrected chi connectivity index (χ1v) is 9.64. The summed E-state index contributed by atoms with van der Waals surface area (Å²) in [7, 11) is 0. The fourth-order valence-electron chi connectivity index (χ4n) is 2.95. The molecule has 146 valence electrons. The summed E-state index contributed by atoms with van der Waals surface area (Å²) in [6.07, 6.45) is 0. The number of aryl methyl sites for hydroxylation is 2. The van der Waals surface area contributed by atoms with E-state index in [1.54, 1.807) is 27.7 Å². The van der Waals surface area contributed by atoms with Crippen LogP contribution in [0.3, 0.4) is 0 Å². The standard InChI is InChI=1S/C20H21N3O4S/c1-6-27-20(26)15-7-14(8-21)19(23-11(15)3)28-9-16(25)18-10(2)17(13(5)24)12(4)22-18/h7,22H,6,9H2,1-5H3. The number of carbonyl (C=O) groups excluding carboxylic acids is 3. The monoisotopic (exact) mass is 399 g/mol. The summed E-state index contributed by atoms with van der Waals surface area (Å²) in [6.45, 7) is 8.52. The number of ketones is 2. The molecule has 0 aliphatic carbocycles. The maximum atomic E-state index is 12.6.